The number of amides is 1. The molecule has 0 saturated heterocycles. The van der Waals surface area contributed by atoms with E-state index in [0.717, 1.165) is 37.1 Å². The first kappa shape index (κ1) is 15.8. The molecule has 116 valence electrons. The molecule has 5 nitrogen and oxygen atoms in total. The number of rotatable bonds is 6. The molecule has 5 heteroatoms. The molecule has 1 amide bonds. The fraction of sp³-hybridized carbons (Fsp3) is 0.625. The molecule has 3 N–H and O–H groups in total. The summed E-state index contributed by atoms with van der Waals surface area (Å²) in [5, 5.41) is 16.0. The normalized spacial score (nSPS) is 17.2. The zero-order valence-electron chi connectivity index (χ0n) is 12.6. The van der Waals surface area contributed by atoms with Crippen LogP contribution in [0.5, 0.6) is 0 Å². The van der Waals surface area contributed by atoms with Crippen LogP contribution in [0.3, 0.4) is 0 Å². The van der Waals surface area contributed by atoms with Gasteiger partial charge in [-0.15, -0.1) is 0 Å². The lowest BCUT2D eigenvalue weighted by molar-refractivity contribution is -0.132. The Hall–Kier alpha value is -1.62. The van der Waals surface area contributed by atoms with Gasteiger partial charge in [0.15, 0.2) is 0 Å². The molecule has 0 aliphatic heterocycles. The van der Waals surface area contributed by atoms with Crippen molar-refractivity contribution in [3.8, 4) is 0 Å². The Morgan fingerprint density at radius 3 is 2.86 bits per heavy atom. The van der Waals surface area contributed by atoms with Gasteiger partial charge in [-0.2, -0.15) is 0 Å². The summed E-state index contributed by atoms with van der Waals surface area (Å²) in [6.07, 6.45) is 6.26. The zero-order valence-corrected chi connectivity index (χ0v) is 12.6. The Labute approximate surface area is 126 Å². The van der Waals surface area contributed by atoms with Crippen LogP contribution >= 0.6 is 0 Å². The number of nitrogens with one attached hydrogen (secondary N) is 2. The van der Waals surface area contributed by atoms with Crippen LogP contribution in [0, 0.1) is 12.8 Å². The standard InChI is InChI=1S/C16H25N3O2/c1-12-6-5-9-17-15(12)18-10-11-19-16(21)14(20)13-7-3-2-4-8-13/h5-6,9,13-14,20H,2-4,7-8,10-11H2,1H3,(H,17,18)(H,19,21)/t14-/m1/s1. The maximum absolute atomic E-state index is 11.9. The maximum atomic E-state index is 11.9. The molecule has 1 atom stereocenters. The van der Waals surface area contributed by atoms with Crippen molar-refractivity contribution in [3.63, 3.8) is 0 Å². The number of aliphatic hydroxyl groups excluding tert-OH is 1. The molecule has 1 saturated carbocycles. The Balaban J connectivity index is 1.68. The van der Waals surface area contributed by atoms with E-state index in [0.29, 0.717) is 13.1 Å². The van der Waals surface area contributed by atoms with Crippen LogP contribution in [0.25, 0.3) is 0 Å². The molecule has 1 aromatic heterocycles. The van der Waals surface area contributed by atoms with Crippen molar-refractivity contribution < 1.29 is 9.90 Å². The fourth-order valence-corrected chi connectivity index (χ4v) is 2.81. The molecule has 1 heterocycles. The fourth-order valence-electron chi connectivity index (χ4n) is 2.81. The molecular formula is C16H25N3O2. The van der Waals surface area contributed by atoms with Gasteiger partial charge in [0.25, 0.3) is 0 Å². The number of anilines is 1. The van der Waals surface area contributed by atoms with Gasteiger partial charge in [0, 0.05) is 19.3 Å². The summed E-state index contributed by atoms with van der Waals surface area (Å²) in [4.78, 5) is 16.1. The lowest BCUT2D eigenvalue weighted by atomic mass is 9.85. The number of nitrogens with zero attached hydrogens (tertiary/aromatic N) is 1. The molecule has 0 spiro atoms. The highest BCUT2D eigenvalue weighted by molar-refractivity contribution is 5.80. The molecule has 0 aromatic carbocycles. The summed E-state index contributed by atoms with van der Waals surface area (Å²) in [6, 6.07) is 3.88. The van der Waals surface area contributed by atoms with Gasteiger partial charge in [0.05, 0.1) is 0 Å². The van der Waals surface area contributed by atoms with Gasteiger partial charge >= 0.3 is 0 Å². The quantitative estimate of drug-likeness (QED) is 0.699. The number of carbonyl (C=O) groups is 1. The number of aryl methyl sites for hydroxylation is 1. The predicted molar refractivity (Wildman–Crippen MR) is 83.1 cm³/mol. The van der Waals surface area contributed by atoms with E-state index in [1.54, 1.807) is 6.20 Å². The monoisotopic (exact) mass is 291 g/mol. The predicted octanol–water partition coefficient (Wildman–Crippen LogP) is 1.86. The van der Waals surface area contributed by atoms with Gasteiger partial charge in [-0.25, -0.2) is 4.98 Å². The van der Waals surface area contributed by atoms with Crippen molar-refractivity contribution in [3.05, 3.63) is 23.9 Å². The number of carbonyl (C=O) groups excluding carboxylic acids is 1. The Morgan fingerprint density at radius 1 is 1.38 bits per heavy atom. The Bertz CT molecular complexity index is 459. The smallest absolute Gasteiger partial charge is 0.249 e. The van der Waals surface area contributed by atoms with E-state index in [4.69, 9.17) is 0 Å². The highest BCUT2D eigenvalue weighted by atomic mass is 16.3. The molecule has 0 bridgehead atoms. The highest BCUT2D eigenvalue weighted by Gasteiger charge is 2.26. The van der Waals surface area contributed by atoms with Crippen LogP contribution in [0.1, 0.15) is 37.7 Å². The average Bonchev–Trinajstić information content (AvgIpc) is 2.53. The van der Waals surface area contributed by atoms with E-state index < -0.39 is 6.10 Å². The van der Waals surface area contributed by atoms with E-state index in [-0.39, 0.29) is 11.8 Å². The van der Waals surface area contributed by atoms with Gasteiger partial charge in [-0.3, -0.25) is 4.79 Å². The third kappa shape index (κ3) is 4.70. The van der Waals surface area contributed by atoms with Crippen molar-refractivity contribution in [1.82, 2.24) is 10.3 Å². The van der Waals surface area contributed by atoms with Crippen molar-refractivity contribution >= 4 is 11.7 Å². The SMILES string of the molecule is Cc1cccnc1NCCNC(=O)[C@H](O)C1CCCCC1. The third-order valence-corrected chi connectivity index (χ3v) is 4.09. The van der Waals surface area contributed by atoms with Gasteiger partial charge in [0.1, 0.15) is 11.9 Å². The number of hydrogen-bond acceptors (Lipinski definition) is 4. The van der Waals surface area contributed by atoms with Crippen LogP contribution in [-0.2, 0) is 4.79 Å². The molecule has 1 fully saturated rings. The minimum atomic E-state index is -0.859. The van der Waals surface area contributed by atoms with Gasteiger partial charge in [0.2, 0.25) is 5.91 Å². The van der Waals surface area contributed by atoms with Crippen LogP contribution in [0.4, 0.5) is 5.82 Å². The van der Waals surface area contributed by atoms with Crippen molar-refractivity contribution in [2.45, 2.75) is 45.1 Å². The molecule has 21 heavy (non-hydrogen) atoms. The van der Waals surface area contributed by atoms with Crippen LogP contribution in [0.15, 0.2) is 18.3 Å². The van der Waals surface area contributed by atoms with E-state index >= 15 is 0 Å². The second-order valence-electron chi connectivity index (χ2n) is 5.73. The first-order chi connectivity index (χ1) is 10.2. The zero-order chi connectivity index (χ0) is 15.1. The average molecular weight is 291 g/mol. The summed E-state index contributed by atoms with van der Waals surface area (Å²) in [5.41, 5.74) is 1.08. The summed E-state index contributed by atoms with van der Waals surface area (Å²) in [6.45, 7) is 3.07. The summed E-state index contributed by atoms with van der Waals surface area (Å²) in [7, 11) is 0. The molecule has 2 rings (SSSR count). The summed E-state index contributed by atoms with van der Waals surface area (Å²) >= 11 is 0. The number of hydrogen-bond donors (Lipinski definition) is 3. The minimum absolute atomic E-state index is 0.129. The van der Waals surface area contributed by atoms with E-state index in [2.05, 4.69) is 15.6 Å². The van der Waals surface area contributed by atoms with Gasteiger partial charge in [-0.1, -0.05) is 25.3 Å². The van der Waals surface area contributed by atoms with Crippen LogP contribution in [-0.4, -0.2) is 35.2 Å². The Kier molecular flexibility index (Phi) is 5.99. The largest absolute Gasteiger partial charge is 0.383 e. The van der Waals surface area contributed by atoms with Crippen molar-refractivity contribution in [1.29, 1.82) is 0 Å². The molecule has 0 radical (unpaired) electrons. The second-order valence-corrected chi connectivity index (χ2v) is 5.73. The van der Waals surface area contributed by atoms with Crippen molar-refractivity contribution in [2.24, 2.45) is 5.92 Å². The third-order valence-electron chi connectivity index (χ3n) is 4.09. The van der Waals surface area contributed by atoms with Crippen LogP contribution < -0.4 is 10.6 Å². The maximum Gasteiger partial charge on any atom is 0.249 e. The molecule has 0 unspecified atom stereocenters. The lowest BCUT2D eigenvalue weighted by Crippen LogP contribution is -2.41. The van der Waals surface area contributed by atoms with Gasteiger partial charge in [-0.05, 0) is 37.3 Å². The molecule has 1 aliphatic carbocycles. The molecule has 1 aromatic rings. The molecule has 1 aliphatic rings. The van der Waals surface area contributed by atoms with Crippen LogP contribution in [0.2, 0.25) is 0 Å². The number of pyridine rings is 1. The molecular weight excluding hydrogens is 266 g/mol. The van der Waals surface area contributed by atoms with E-state index in [9.17, 15) is 9.90 Å². The highest BCUT2D eigenvalue weighted by Crippen LogP contribution is 2.26. The number of aliphatic hydroxyl groups is 1. The number of aromatic nitrogens is 1. The first-order valence-corrected chi connectivity index (χ1v) is 7.80. The van der Waals surface area contributed by atoms with E-state index in [1.807, 2.05) is 19.1 Å². The summed E-state index contributed by atoms with van der Waals surface area (Å²) < 4.78 is 0. The Morgan fingerprint density at radius 2 is 2.14 bits per heavy atom. The van der Waals surface area contributed by atoms with E-state index in [1.165, 1.54) is 6.42 Å². The first-order valence-electron chi connectivity index (χ1n) is 7.80. The topological polar surface area (TPSA) is 74.2 Å². The van der Waals surface area contributed by atoms with Gasteiger partial charge < -0.3 is 15.7 Å². The minimum Gasteiger partial charge on any atom is -0.383 e. The second kappa shape index (κ2) is 7.98. The lowest BCUT2D eigenvalue weighted by Gasteiger charge is -2.25. The summed E-state index contributed by atoms with van der Waals surface area (Å²) in [5.74, 6) is 0.714. The van der Waals surface area contributed by atoms with Crippen molar-refractivity contribution in [2.75, 3.05) is 18.4 Å².